The van der Waals surface area contributed by atoms with Crippen LogP contribution in [0.25, 0.3) is 0 Å². The Morgan fingerprint density at radius 1 is 1.05 bits per heavy atom. The first-order valence-corrected chi connectivity index (χ1v) is 8.77. The van der Waals surface area contributed by atoms with Gasteiger partial charge in [0.05, 0.1) is 6.10 Å². The van der Waals surface area contributed by atoms with Crippen LogP contribution in [0.15, 0.2) is 24.3 Å². The van der Waals surface area contributed by atoms with Crippen molar-refractivity contribution >= 4 is 0 Å². The Bertz CT molecular complexity index is 393. The molecule has 1 fully saturated rings. The third-order valence-electron chi connectivity index (χ3n) is 4.86. The molecule has 0 aromatic heterocycles. The molecule has 2 rings (SSSR count). The fourth-order valence-corrected chi connectivity index (χ4v) is 3.36. The van der Waals surface area contributed by atoms with Crippen LogP contribution < -0.4 is 5.32 Å². The van der Waals surface area contributed by atoms with Gasteiger partial charge in [-0.3, -0.25) is 0 Å². The molecular weight excluding hydrogens is 258 g/mol. The number of rotatable bonds is 6. The number of aliphatic hydroxyl groups excluding tert-OH is 1. The quantitative estimate of drug-likeness (QED) is 0.762. The molecule has 21 heavy (non-hydrogen) atoms. The molecule has 118 valence electrons. The predicted octanol–water partition coefficient (Wildman–Crippen LogP) is 4.37. The summed E-state index contributed by atoms with van der Waals surface area (Å²) in [6, 6.07) is 9.19. The van der Waals surface area contributed by atoms with E-state index in [9.17, 15) is 5.11 Å². The zero-order chi connectivity index (χ0) is 15.1. The zero-order valence-electron chi connectivity index (χ0n) is 13.6. The molecule has 0 radical (unpaired) electrons. The Kier molecular flexibility index (Phi) is 6.72. The maximum absolute atomic E-state index is 10.7. The molecule has 0 aliphatic heterocycles. The molecule has 2 nitrogen and oxygen atoms in total. The lowest BCUT2D eigenvalue weighted by Gasteiger charge is -2.28. The highest BCUT2D eigenvalue weighted by Crippen LogP contribution is 2.23. The van der Waals surface area contributed by atoms with Gasteiger partial charge in [0.2, 0.25) is 0 Å². The molecule has 1 aliphatic rings. The maximum Gasteiger partial charge on any atom is 0.0942 e. The summed E-state index contributed by atoms with van der Waals surface area (Å²) in [4.78, 5) is 0. The summed E-state index contributed by atoms with van der Waals surface area (Å²) < 4.78 is 0. The van der Waals surface area contributed by atoms with Crippen molar-refractivity contribution in [2.75, 3.05) is 0 Å². The van der Waals surface area contributed by atoms with Crippen molar-refractivity contribution in [3.05, 3.63) is 35.4 Å². The van der Waals surface area contributed by atoms with E-state index in [2.05, 4.69) is 43.4 Å². The Hall–Kier alpha value is -0.860. The first-order chi connectivity index (χ1) is 10.2. The Balaban J connectivity index is 1.97. The number of aliphatic hydroxyl groups is 1. The lowest BCUT2D eigenvalue weighted by atomic mass is 9.97. The molecule has 0 amide bonds. The Morgan fingerprint density at radius 2 is 1.67 bits per heavy atom. The number of nitrogens with one attached hydrogen (secondary N) is 1. The van der Waals surface area contributed by atoms with Gasteiger partial charge in [-0.05, 0) is 36.8 Å². The fraction of sp³-hybridized carbons (Fsp3) is 0.684. The number of hydrogen-bond donors (Lipinski definition) is 2. The summed E-state index contributed by atoms with van der Waals surface area (Å²) in [5.41, 5.74) is 2.37. The molecule has 0 bridgehead atoms. The topological polar surface area (TPSA) is 32.3 Å². The van der Waals surface area contributed by atoms with Crippen LogP contribution in [0.2, 0.25) is 0 Å². The fourth-order valence-electron chi connectivity index (χ4n) is 3.36. The molecule has 1 aliphatic carbocycles. The van der Waals surface area contributed by atoms with Gasteiger partial charge in [0, 0.05) is 12.1 Å². The largest absolute Gasteiger partial charge is 0.387 e. The van der Waals surface area contributed by atoms with Crippen molar-refractivity contribution in [1.82, 2.24) is 5.32 Å². The van der Waals surface area contributed by atoms with E-state index in [4.69, 9.17) is 0 Å². The van der Waals surface area contributed by atoms with Gasteiger partial charge >= 0.3 is 0 Å². The van der Waals surface area contributed by atoms with Gasteiger partial charge in [-0.25, -0.2) is 0 Å². The summed E-state index contributed by atoms with van der Waals surface area (Å²) in [5.74, 6) is 0. The Labute approximate surface area is 130 Å². The van der Waals surface area contributed by atoms with E-state index >= 15 is 0 Å². The van der Waals surface area contributed by atoms with E-state index in [1.165, 1.54) is 44.1 Å². The second kappa shape index (κ2) is 8.55. The van der Waals surface area contributed by atoms with Crippen molar-refractivity contribution in [1.29, 1.82) is 0 Å². The average Bonchev–Trinajstić information content (AvgIpc) is 2.80. The normalized spacial score (nSPS) is 20.0. The minimum absolute atomic E-state index is 0.167. The van der Waals surface area contributed by atoms with Gasteiger partial charge in [0.1, 0.15) is 0 Å². The molecule has 2 atom stereocenters. The van der Waals surface area contributed by atoms with Crippen molar-refractivity contribution in [2.24, 2.45) is 0 Å². The third-order valence-corrected chi connectivity index (χ3v) is 4.86. The molecule has 1 aromatic rings. The lowest BCUT2D eigenvalue weighted by molar-refractivity contribution is 0.117. The predicted molar refractivity (Wildman–Crippen MR) is 89.5 cm³/mol. The number of hydrogen-bond acceptors (Lipinski definition) is 2. The van der Waals surface area contributed by atoms with Crippen LogP contribution in [0.3, 0.4) is 0 Å². The van der Waals surface area contributed by atoms with E-state index in [0.29, 0.717) is 6.04 Å². The smallest absolute Gasteiger partial charge is 0.0942 e. The Morgan fingerprint density at radius 3 is 2.19 bits per heavy atom. The van der Waals surface area contributed by atoms with Crippen LogP contribution in [0.5, 0.6) is 0 Å². The first kappa shape index (κ1) is 16.5. The van der Waals surface area contributed by atoms with E-state index in [-0.39, 0.29) is 6.04 Å². The standard InChI is InChI=1S/C19H31NO/c1-3-15-11-13-16(14-12-15)19(21)18(4-2)20-17-9-7-5-6-8-10-17/h11-14,17-21H,3-10H2,1-2H3. The number of benzene rings is 1. The lowest BCUT2D eigenvalue weighted by Crippen LogP contribution is -2.41. The molecule has 2 heteroatoms. The maximum atomic E-state index is 10.7. The van der Waals surface area contributed by atoms with Crippen LogP contribution >= 0.6 is 0 Å². The highest BCUT2D eigenvalue weighted by atomic mass is 16.3. The summed E-state index contributed by atoms with van der Waals surface area (Å²) in [5, 5.41) is 14.4. The second-order valence-corrected chi connectivity index (χ2v) is 6.41. The molecule has 1 saturated carbocycles. The van der Waals surface area contributed by atoms with Crippen molar-refractivity contribution < 1.29 is 5.11 Å². The minimum atomic E-state index is -0.399. The van der Waals surface area contributed by atoms with Crippen LogP contribution in [-0.4, -0.2) is 17.2 Å². The monoisotopic (exact) mass is 289 g/mol. The van der Waals surface area contributed by atoms with Gasteiger partial charge < -0.3 is 10.4 Å². The van der Waals surface area contributed by atoms with Gasteiger partial charge in [0.25, 0.3) is 0 Å². The molecule has 2 N–H and O–H groups in total. The van der Waals surface area contributed by atoms with E-state index < -0.39 is 6.10 Å². The molecule has 0 saturated heterocycles. The zero-order valence-corrected chi connectivity index (χ0v) is 13.6. The summed E-state index contributed by atoms with van der Waals surface area (Å²) in [7, 11) is 0. The summed E-state index contributed by atoms with van der Waals surface area (Å²) in [6.07, 6.45) is 9.54. The van der Waals surface area contributed by atoms with Crippen LogP contribution in [-0.2, 0) is 6.42 Å². The van der Waals surface area contributed by atoms with Crippen LogP contribution in [0.1, 0.15) is 76.0 Å². The first-order valence-electron chi connectivity index (χ1n) is 8.77. The summed E-state index contributed by atoms with van der Waals surface area (Å²) in [6.45, 7) is 4.33. The minimum Gasteiger partial charge on any atom is -0.387 e. The van der Waals surface area contributed by atoms with Gasteiger partial charge in [-0.15, -0.1) is 0 Å². The van der Waals surface area contributed by atoms with Gasteiger partial charge in [-0.1, -0.05) is 63.8 Å². The molecule has 0 heterocycles. The second-order valence-electron chi connectivity index (χ2n) is 6.41. The van der Waals surface area contributed by atoms with E-state index in [1.807, 2.05) is 0 Å². The number of aryl methyl sites for hydroxylation is 1. The van der Waals surface area contributed by atoms with Crippen molar-refractivity contribution in [2.45, 2.75) is 83.4 Å². The average molecular weight is 289 g/mol. The van der Waals surface area contributed by atoms with Crippen LogP contribution in [0, 0.1) is 0 Å². The molecule has 2 unspecified atom stereocenters. The third kappa shape index (κ3) is 4.82. The highest BCUT2D eigenvalue weighted by Gasteiger charge is 2.22. The van der Waals surface area contributed by atoms with Gasteiger partial charge in [0.15, 0.2) is 0 Å². The van der Waals surface area contributed by atoms with Gasteiger partial charge in [-0.2, -0.15) is 0 Å². The summed E-state index contributed by atoms with van der Waals surface area (Å²) >= 11 is 0. The van der Waals surface area contributed by atoms with Crippen molar-refractivity contribution in [3.8, 4) is 0 Å². The highest BCUT2D eigenvalue weighted by molar-refractivity contribution is 5.25. The molecule has 1 aromatic carbocycles. The molecular formula is C19H31NO. The van der Waals surface area contributed by atoms with E-state index in [0.717, 1.165) is 18.4 Å². The van der Waals surface area contributed by atoms with Crippen LogP contribution in [0.4, 0.5) is 0 Å². The van der Waals surface area contributed by atoms with E-state index in [1.54, 1.807) is 0 Å². The van der Waals surface area contributed by atoms with Crippen molar-refractivity contribution in [3.63, 3.8) is 0 Å². The SMILES string of the molecule is CCc1ccc(C(O)C(CC)NC2CCCCCC2)cc1. The molecule has 0 spiro atoms.